The molecule has 2 rings (SSSR count). The van der Waals surface area contributed by atoms with Gasteiger partial charge < -0.3 is 15.8 Å². The Kier molecular flexibility index (Phi) is 5.63. The lowest BCUT2D eigenvalue weighted by molar-refractivity contribution is 0.338. The maximum atomic E-state index is 5.97. The third-order valence-corrected chi connectivity index (χ3v) is 3.75. The third kappa shape index (κ3) is 4.74. The van der Waals surface area contributed by atoms with E-state index in [-0.39, 0.29) is 0 Å². The van der Waals surface area contributed by atoms with Gasteiger partial charge in [0.15, 0.2) is 5.96 Å². The topological polar surface area (TPSA) is 59.6 Å². The zero-order chi connectivity index (χ0) is 16.8. The lowest BCUT2D eigenvalue weighted by atomic mass is 10.1. The minimum Gasteiger partial charge on any atom is -0.494 e. The van der Waals surface area contributed by atoms with Crippen molar-refractivity contribution >= 4 is 11.6 Å². The van der Waals surface area contributed by atoms with Gasteiger partial charge in [-0.1, -0.05) is 18.2 Å². The molecule has 0 heterocycles. The number of guanidine groups is 1. The molecule has 0 fully saturated rings. The molecule has 0 aliphatic carbocycles. The van der Waals surface area contributed by atoms with E-state index < -0.39 is 0 Å². The minimum absolute atomic E-state index is 0.416. The molecular weight excluding hydrogens is 286 g/mol. The first-order valence-electron chi connectivity index (χ1n) is 7.86. The Balaban J connectivity index is 2.01. The molecule has 0 saturated carbocycles. The molecule has 2 aromatic carbocycles. The minimum atomic E-state index is 0.416. The number of ether oxygens (including phenoxy) is 1. The van der Waals surface area contributed by atoms with E-state index in [2.05, 4.69) is 42.4 Å². The van der Waals surface area contributed by atoms with E-state index >= 15 is 0 Å². The van der Waals surface area contributed by atoms with Crippen molar-refractivity contribution in [3.63, 3.8) is 0 Å². The summed E-state index contributed by atoms with van der Waals surface area (Å²) < 4.78 is 5.54. The highest BCUT2D eigenvalue weighted by atomic mass is 16.5. The Morgan fingerprint density at radius 1 is 1.04 bits per heavy atom. The van der Waals surface area contributed by atoms with Crippen LogP contribution in [-0.2, 0) is 6.54 Å². The van der Waals surface area contributed by atoms with Crippen molar-refractivity contribution in [2.24, 2.45) is 10.7 Å². The average molecular weight is 311 g/mol. The summed E-state index contributed by atoms with van der Waals surface area (Å²) in [7, 11) is 0. The van der Waals surface area contributed by atoms with Gasteiger partial charge in [-0.2, -0.15) is 0 Å². The van der Waals surface area contributed by atoms with Gasteiger partial charge in [-0.25, -0.2) is 4.99 Å². The van der Waals surface area contributed by atoms with Gasteiger partial charge in [0.25, 0.3) is 0 Å². The molecule has 122 valence electrons. The van der Waals surface area contributed by atoms with Crippen molar-refractivity contribution in [2.75, 3.05) is 11.9 Å². The van der Waals surface area contributed by atoms with E-state index in [4.69, 9.17) is 10.5 Å². The summed E-state index contributed by atoms with van der Waals surface area (Å²) in [6.45, 7) is 9.40. The number of anilines is 1. The van der Waals surface area contributed by atoms with Crippen LogP contribution in [0, 0.1) is 20.8 Å². The van der Waals surface area contributed by atoms with Crippen LogP contribution in [0.3, 0.4) is 0 Å². The highest BCUT2D eigenvalue weighted by Gasteiger charge is 2.01. The molecule has 2 aromatic rings. The van der Waals surface area contributed by atoms with Gasteiger partial charge >= 0.3 is 0 Å². The van der Waals surface area contributed by atoms with E-state index in [0.717, 1.165) is 22.6 Å². The van der Waals surface area contributed by atoms with Crippen molar-refractivity contribution in [1.29, 1.82) is 0 Å². The number of hydrogen-bond donors (Lipinski definition) is 2. The number of rotatable bonds is 5. The number of nitrogens with one attached hydrogen (secondary N) is 1. The molecule has 4 heteroatoms. The first-order chi connectivity index (χ1) is 11.0. The van der Waals surface area contributed by atoms with E-state index in [9.17, 15) is 0 Å². The van der Waals surface area contributed by atoms with Gasteiger partial charge in [0.2, 0.25) is 0 Å². The average Bonchev–Trinajstić information content (AvgIpc) is 2.51. The standard InChI is InChI=1S/C19H25N3O/c1-5-23-18-9-7-16(10-15(18)4)12-21-19(20)22-17-8-6-13(2)14(3)11-17/h6-11H,5,12H2,1-4H3,(H3,20,21,22). The third-order valence-electron chi connectivity index (χ3n) is 3.75. The molecule has 0 aliphatic heterocycles. The molecule has 23 heavy (non-hydrogen) atoms. The number of hydrogen-bond acceptors (Lipinski definition) is 2. The van der Waals surface area contributed by atoms with Crippen LogP contribution in [-0.4, -0.2) is 12.6 Å². The predicted octanol–water partition coefficient (Wildman–Crippen LogP) is 3.94. The number of aliphatic imine (C=N–C) groups is 1. The molecule has 0 aliphatic rings. The SMILES string of the molecule is CCOc1ccc(CN=C(N)Nc2ccc(C)c(C)c2)cc1C. The maximum absolute atomic E-state index is 5.97. The fraction of sp³-hybridized carbons (Fsp3) is 0.316. The van der Waals surface area contributed by atoms with Crippen LogP contribution in [0.15, 0.2) is 41.4 Å². The molecule has 0 radical (unpaired) electrons. The molecule has 0 atom stereocenters. The molecule has 0 saturated heterocycles. The van der Waals surface area contributed by atoms with Crippen LogP contribution >= 0.6 is 0 Å². The van der Waals surface area contributed by atoms with E-state index in [1.807, 2.05) is 32.0 Å². The largest absolute Gasteiger partial charge is 0.494 e. The fourth-order valence-electron chi connectivity index (χ4n) is 2.31. The van der Waals surface area contributed by atoms with Gasteiger partial charge in [0, 0.05) is 5.69 Å². The predicted molar refractivity (Wildman–Crippen MR) is 97.2 cm³/mol. The lowest BCUT2D eigenvalue weighted by Crippen LogP contribution is -2.22. The Bertz CT molecular complexity index is 708. The summed E-state index contributed by atoms with van der Waals surface area (Å²) in [5, 5.41) is 3.13. The van der Waals surface area contributed by atoms with Crippen molar-refractivity contribution in [1.82, 2.24) is 0 Å². The van der Waals surface area contributed by atoms with Crippen LogP contribution < -0.4 is 15.8 Å². The van der Waals surface area contributed by atoms with E-state index in [0.29, 0.717) is 19.1 Å². The fourth-order valence-corrected chi connectivity index (χ4v) is 2.31. The van der Waals surface area contributed by atoms with Crippen molar-refractivity contribution < 1.29 is 4.74 Å². The summed E-state index contributed by atoms with van der Waals surface area (Å²) in [5.41, 5.74) is 11.6. The first-order valence-corrected chi connectivity index (χ1v) is 7.86. The summed E-state index contributed by atoms with van der Waals surface area (Å²) in [5.74, 6) is 1.33. The zero-order valence-corrected chi connectivity index (χ0v) is 14.3. The second-order valence-corrected chi connectivity index (χ2v) is 5.66. The molecule has 4 nitrogen and oxygen atoms in total. The highest BCUT2D eigenvalue weighted by Crippen LogP contribution is 2.19. The number of nitrogens with zero attached hydrogens (tertiary/aromatic N) is 1. The Morgan fingerprint density at radius 3 is 2.48 bits per heavy atom. The van der Waals surface area contributed by atoms with E-state index in [1.165, 1.54) is 11.1 Å². The van der Waals surface area contributed by atoms with Crippen LogP contribution in [0.4, 0.5) is 5.69 Å². The zero-order valence-electron chi connectivity index (χ0n) is 14.3. The number of nitrogens with two attached hydrogens (primary N) is 1. The lowest BCUT2D eigenvalue weighted by Gasteiger charge is -2.09. The van der Waals surface area contributed by atoms with Gasteiger partial charge in [-0.05, 0) is 68.1 Å². The van der Waals surface area contributed by atoms with Crippen molar-refractivity contribution in [3.05, 3.63) is 58.7 Å². The second-order valence-electron chi connectivity index (χ2n) is 5.66. The summed E-state index contributed by atoms with van der Waals surface area (Å²) in [6.07, 6.45) is 0. The van der Waals surface area contributed by atoms with E-state index in [1.54, 1.807) is 0 Å². The van der Waals surface area contributed by atoms with Crippen LogP contribution in [0.5, 0.6) is 5.75 Å². The normalized spacial score (nSPS) is 11.4. The first kappa shape index (κ1) is 16.9. The van der Waals surface area contributed by atoms with Crippen LogP contribution in [0.25, 0.3) is 0 Å². The molecule has 0 spiro atoms. The second kappa shape index (κ2) is 7.68. The molecule has 0 aromatic heterocycles. The molecule has 0 amide bonds. The monoisotopic (exact) mass is 311 g/mol. The Morgan fingerprint density at radius 2 is 1.83 bits per heavy atom. The molecular formula is C19H25N3O. The van der Waals surface area contributed by atoms with Crippen LogP contribution in [0.1, 0.15) is 29.2 Å². The summed E-state index contributed by atoms with van der Waals surface area (Å²) in [4.78, 5) is 4.40. The van der Waals surface area contributed by atoms with Gasteiger partial charge in [-0.15, -0.1) is 0 Å². The van der Waals surface area contributed by atoms with Gasteiger partial charge in [0.05, 0.1) is 13.2 Å². The quantitative estimate of drug-likeness (QED) is 0.649. The summed E-state index contributed by atoms with van der Waals surface area (Å²) in [6, 6.07) is 12.2. The molecule has 0 bridgehead atoms. The van der Waals surface area contributed by atoms with Crippen molar-refractivity contribution in [3.8, 4) is 5.75 Å². The number of aryl methyl sites for hydroxylation is 3. The van der Waals surface area contributed by atoms with Gasteiger partial charge in [-0.3, -0.25) is 0 Å². The van der Waals surface area contributed by atoms with Crippen molar-refractivity contribution in [2.45, 2.75) is 34.2 Å². The highest BCUT2D eigenvalue weighted by molar-refractivity contribution is 5.92. The smallest absolute Gasteiger partial charge is 0.193 e. The Labute approximate surface area is 138 Å². The maximum Gasteiger partial charge on any atom is 0.193 e. The van der Waals surface area contributed by atoms with Gasteiger partial charge in [0.1, 0.15) is 5.75 Å². The van der Waals surface area contributed by atoms with Crippen LogP contribution in [0.2, 0.25) is 0 Å². The summed E-state index contributed by atoms with van der Waals surface area (Å²) >= 11 is 0. The molecule has 0 unspecified atom stereocenters. The number of benzene rings is 2. The molecule has 3 N–H and O–H groups in total. The Hall–Kier alpha value is -2.49.